The molecule has 6 heteroatoms. The Morgan fingerprint density at radius 2 is 2.19 bits per heavy atom. The predicted molar refractivity (Wildman–Crippen MR) is 78.2 cm³/mol. The van der Waals surface area contributed by atoms with Gasteiger partial charge < -0.3 is 10.1 Å². The van der Waals surface area contributed by atoms with E-state index in [0.717, 1.165) is 19.5 Å². The number of likely N-dealkylation sites (tertiary alicyclic amines) is 1. The normalized spacial score (nSPS) is 20.3. The van der Waals surface area contributed by atoms with E-state index in [1.54, 1.807) is 0 Å². The largest absolute Gasteiger partial charge is 0.444 e. The van der Waals surface area contributed by atoms with Crippen molar-refractivity contribution in [1.29, 1.82) is 10.5 Å². The molecule has 1 rings (SSSR count). The summed E-state index contributed by atoms with van der Waals surface area (Å²) in [4.78, 5) is 13.9. The first-order chi connectivity index (χ1) is 9.84. The fourth-order valence-electron chi connectivity index (χ4n) is 2.34. The van der Waals surface area contributed by atoms with E-state index in [1.807, 2.05) is 20.8 Å². The number of nitrogens with zero attached hydrogens (tertiary/aromatic N) is 3. The molecule has 2 unspecified atom stereocenters. The Hall–Kier alpha value is -1.79. The Bertz CT molecular complexity index is 430. The lowest BCUT2D eigenvalue weighted by atomic mass is 10.1. The van der Waals surface area contributed by atoms with Crippen LogP contribution in [0.3, 0.4) is 0 Å². The number of carbonyl (C=O) groups excluding carboxylic acids is 1. The van der Waals surface area contributed by atoms with Crippen molar-refractivity contribution in [3.8, 4) is 12.1 Å². The minimum absolute atomic E-state index is 0.0650. The molecule has 2 atom stereocenters. The van der Waals surface area contributed by atoms with Crippen molar-refractivity contribution in [2.24, 2.45) is 5.92 Å². The summed E-state index contributed by atoms with van der Waals surface area (Å²) in [6.07, 6.45) is 1.48. The van der Waals surface area contributed by atoms with E-state index >= 15 is 0 Å². The molecule has 1 heterocycles. The van der Waals surface area contributed by atoms with Gasteiger partial charge in [0.25, 0.3) is 0 Å². The van der Waals surface area contributed by atoms with Crippen LogP contribution in [0.25, 0.3) is 0 Å². The molecule has 1 aliphatic rings. The summed E-state index contributed by atoms with van der Waals surface area (Å²) in [7, 11) is 0. The third kappa shape index (κ3) is 6.97. The molecule has 0 bridgehead atoms. The maximum absolute atomic E-state index is 11.7. The first-order valence-corrected chi connectivity index (χ1v) is 7.32. The monoisotopic (exact) mass is 292 g/mol. The smallest absolute Gasteiger partial charge is 0.407 e. The van der Waals surface area contributed by atoms with Gasteiger partial charge in [0.15, 0.2) is 0 Å². The van der Waals surface area contributed by atoms with E-state index in [0.29, 0.717) is 19.4 Å². The second-order valence-electron chi connectivity index (χ2n) is 6.41. The molecule has 1 aliphatic heterocycles. The lowest BCUT2D eigenvalue weighted by Crippen LogP contribution is -2.41. The van der Waals surface area contributed by atoms with Crippen LogP contribution in [0.2, 0.25) is 0 Å². The number of nitrogens with one attached hydrogen (secondary N) is 1. The Morgan fingerprint density at radius 3 is 2.76 bits per heavy atom. The predicted octanol–water partition coefficient (Wildman–Crippen LogP) is 2.03. The van der Waals surface area contributed by atoms with E-state index in [-0.39, 0.29) is 12.0 Å². The fourth-order valence-corrected chi connectivity index (χ4v) is 2.34. The number of hydrogen-bond donors (Lipinski definition) is 1. The molecule has 0 aromatic rings. The van der Waals surface area contributed by atoms with Gasteiger partial charge in [0, 0.05) is 32.1 Å². The molecule has 1 N–H and O–H groups in total. The number of nitriles is 2. The van der Waals surface area contributed by atoms with E-state index in [9.17, 15) is 4.79 Å². The average molecular weight is 292 g/mol. The molecule has 0 saturated carbocycles. The second-order valence-corrected chi connectivity index (χ2v) is 6.41. The maximum Gasteiger partial charge on any atom is 0.407 e. The van der Waals surface area contributed by atoms with Gasteiger partial charge in [0.05, 0.1) is 18.1 Å². The van der Waals surface area contributed by atoms with Crippen molar-refractivity contribution in [3.05, 3.63) is 0 Å². The van der Waals surface area contributed by atoms with Gasteiger partial charge in [-0.05, 0) is 33.6 Å². The van der Waals surface area contributed by atoms with Crippen LogP contribution in [0, 0.1) is 28.6 Å². The fraction of sp³-hybridized carbons (Fsp3) is 0.800. The van der Waals surface area contributed by atoms with Gasteiger partial charge in [-0.15, -0.1) is 0 Å². The summed E-state index contributed by atoms with van der Waals surface area (Å²) in [6.45, 7) is 7.74. The van der Waals surface area contributed by atoms with Gasteiger partial charge in [0.1, 0.15) is 5.60 Å². The molecular formula is C15H24N4O2. The van der Waals surface area contributed by atoms with Crippen LogP contribution in [-0.2, 0) is 4.74 Å². The number of ether oxygens (including phenoxy) is 1. The average Bonchev–Trinajstić information content (AvgIpc) is 2.79. The minimum atomic E-state index is -0.494. The van der Waals surface area contributed by atoms with Crippen LogP contribution in [0.15, 0.2) is 0 Å². The molecule has 0 spiro atoms. The molecule has 116 valence electrons. The van der Waals surface area contributed by atoms with Gasteiger partial charge >= 0.3 is 6.09 Å². The zero-order valence-electron chi connectivity index (χ0n) is 13.1. The van der Waals surface area contributed by atoms with Crippen molar-refractivity contribution in [2.75, 3.05) is 19.6 Å². The molecule has 0 aromatic carbocycles. The van der Waals surface area contributed by atoms with Crippen molar-refractivity contribution in [1.82, 2.24) is 10.2 Å². The van der Waals surface area contributed by atoms with Crippen LogP contribution in [-0.4, -0.2) is 42.3 Å². The summed E-state index contributed by atoms with van der Waals surface area (Å²) in [5.74, 6) is -0.120. The molecule has 1 fully saturated rings. The van der Waals surface area contributed by atoms with Crippen molar-refractivity contribution in [2.45, 2.75) is 51.7 Å². The van der Waals surface area contributed by atoms with E-state index in [1.165, 1.54) is 0 Å². The molecule has 6 nitrogen and oxygen atoms in total. The van der Waals surface area contributed by atoms with Crippen LogP contribution in [0.1, 0.15) is 40.0 Å². The highest BCUT2D eigenvalue weighted by Gasteiger charge is 2.27. The van der Waals surface area contributed by atoms with Gasteiger partial charge in [-0.25, -0.2) is 4.79 Å². The Balaban J connectivity index is 2.34. The van der Waals surface area contributed by atoms with E-state index in [4.69, 9.17) is 15.3 Å². The van der Waals surface area contributed by atoms with E-state index in [2.05, 4.69) is 22.4 Å². The molecule has 1 saturated heterocycles. The summed E-state index contributed by atoms with van der Waals surface area (Å²) in [5, 5.41) is 20.5. The third-order valence-corrected chi connectivity index (χ3v) is 3.26. The Morgan fingerprint density at radius 1 is 1.48 bits per heavy atom. The topological polar surface area (TPSA) is 89.2 Å². The number of rotatable bonds is 5. The molecule has 0 aromatic heterocycles. The van der Waals surface area contributed by atoms with Crippen molar-refractivity contribution in [3.63, 3.8) is 0 Å². The lowest BCUT2D eigenvalue weighted by Gasteiger charge is -2.22. The number of hydrogen-bond acceptors (Lipinski definition) is 5. The molecule has 0 aliphatic carbocycles. The van der Waals surface area contributed by atoms with Crippen LogP contribution >= 0.6 is 0 Å². The van der Waals surface area contributed by atoms with Gasteiger partial charge in [-0.1, -0.05) is 0 Å². The zero-order valence-corrected chi connectivity index (χ0v) is 13.1. The lowest BCUT2D eigenvalue weighted by molar-refractivity contribution is 0.0505. The van der Waals surface area contributed by atoms with Gasteiger partial charge in [0.2, 0.25) is 0 Å². The first-order valence-electron chi connectivity index (χ1n) is 7.32. The molecule has 21 heavy (non-hydrogen) atoms. The van der Waals surface area contributed by atoms with Crippen molar-refractivity contribution < 1.29 is 9.53 Å². The quantitative estimate of drug-likeness (QED) is 0.837. The molecule has 0 radical (unpaired) electrons. The standard InChI is InChI=1S/C15H24N4O2/c1-15(2,3)21-14(20)18-13-6-8-19(11-13)10-12(9-17)5-4-7-16/h12-13H,4-6,8,10-11H2,1-3H3,(H,18,20). The third-order valence-electron chi connectivity index (χ3n) is 3.26. The minimum Gasteiger partial charge on any atom is -0.444 e. The second kappa shape index (κ2) is 7.85. The zero-order chi connectivity index (χ0) is 15.9. The van der Waals surface area contributed by atoms with Crippen molar-refractivity contribution >= 4 is 6.09 Å². The SMILES string of the molecule is CC(C)(C)OC(=O)NC1CCN(CC(C#N)CCC#N)C1. The Kier molecular flexibility index (Phi) is 6.45. The van der Waals surface area contributed by atoms with Crippen LogP contribution < -0.4 is 5.32 Å². The molecular weight excluding hydrogens is 268 g/mol. The van der Waals surface area contributed by atoms with Crippen LogP contribution in [0.4, 0.5) is 4.79 Å². The highest BCUT2D eigenvalue weighted by molar-refractivity contribution is 5.68. The van der Waals surface area contributed by atoms with Gasteiger partial charge in [-0.2, -0.15) is 10.5 Å². The molecule has 1 amide bonds. The highest BCUT2D eigenvalue weighted by atomic mass is 16.6. The first kappa shape index (κ1) is 17.3. The Labute approximate surface area is 126 Å². The van der Waals surface area contributed by atoms with Gasteiger partial charge in [-0.3, -0.25) is 4.90 Å². The van der Waals surface area contributed by atoms with Crippen LogP contribution in [0.5, 0.6) is 0 Å². The number of amides is 1. The highest BCUT2D eigenvalue weighted by Crippen LogP contribution is 2.15. The van der Waals surface area contributed by atoms with E-state index < -0.39 is 11.7 Å². The summed E-state index contributed by atoms with van der Waals surface area (Å²) in [6, 6.07) is 4.38. The summed E-state index contributed by atoms with van der Waals surface area (Å²) >= 11 is 0. The summed E-state index contributed by atoms with van der Waals surface area (Å²) in [5.41, 5.74) is -0.494. The summed E-state index contributed by atoms with van der Waals surface area (Å²) < 4.78 is 5.23. The number of carbonyl (C=O) groups is 1. The maximum atomic E-state index is 11.7. The number of alkyl carbamates (subject to hydrolysis) is 1.